The van der Waals surface area contributed by atoms with Crippen LogP contribution in [0.5, 0.6) is 0 Å². The van der Waals surface area contributed by atoms with Crippen LogP contribution in [0.3, 0.4) is 0 Å². The van der Waals surface area contributed by atoms with Crippen molar-refractivity contribution in [1.82, 2.24) is 4.98 Å². The number of anilines is 1. The number of thiazole rings is 1. The first-order valence-electron chi connectivity index (χ1n) is 9.56. The van der Waals surface area contributed by atoms with Gasteiger partial charge in [-0.05, 0) is 49.6 Å². The summed E-state index contributed by atoms with van der Waals surface area (Å²) in [6.45, 7) is 2.98. The molecule has 8 nitrogen and oxygen atoms in total. The molecule has 1 aliphatic carbocycles. The van der Waals surface area contributed by atoms with Crippen molar-refractivity contribution in [2.75, 3.05) is 11.9 Å². The van der Waals surface area contributed by atoms with E-state index in [0.29, 0.717) is 38.5 Å². The van der Waals surface area contributed by atoms with Crippen molar-refractivity contribution >= 4 is 51.0 Å². The van der Waals surface area contributed by atoms with Gasteiger partial charge in [-0.15, -0.1) is 17.8 Å². The van der Waals surface area contributed by atoms with E-state index in [0.717, 1.165) is 5.57 Å². The normalized spacial score (nSPS) is 14.8. The van der Waals surface area contributed by atoms with Crippen molar-refractivity contribution in [1.29, 1.82) is 0 Å². The molecule has 0 saturated heterocycles. The van der Waals surface area contributed by atoms with Crippen LogP contribution in [0.1, 0.15) is 29.6 Å². The molecular formula is C23H17N3O5S. The highest BCUT2D eigenvalue weighted by Crippen LogP contribution is 2.30. The predicted octanol–water partition coefficient (Wildman–Crippen LogP) is 3.30. The van der Waals surface area contributed by atoms with Crippen molar-refractivity contribution < 1.29 is 18.8 Å². The Bertz CT molecular complexity index is 1420. The van der Waals surface area contributed by atoms with Crippen LogP contribution in [0, 0.1) is 19.3 Å². The van der Waals surface area contributed by atoms with E-state index in [9.17, 15) is 14.4 Å². The number of carbonyl (C=O) groups excluding carboxylic acids is 2. The van der Waals surface area contributed by atoms with E-state index >= 15 is 0 Å². The fourth-order valence-electron chi connectivity index (χ4n) is 3.24. The summed E-state index contributed by atoms with van der Waals surface area (Å²) < 4.78 is 5.18. The Hall–Kier alpha value is -4.03. The second kappa shape index (κ2) is 8.61. The molecule has 1 aliphatic rings. The number of Topliss-reactive ketones (excluding diaryl/α,β-unsaturated/α-hetero) is 1. The molecule has 0 saturated carbocycles. The monoisotopic (exact) mass is 447 g/mol. The number of oxime groups is 1. The van der Waals surface area contributed by atoms with Gasteiger partial charge >= 0.3 is 5.63 Å². The van der Waals surface area contributed by atoms with E-state index < -0.39 is 11.5 Å². The number of hydrogen-bond donors (Lipinski definition) is 1. The molecule has 9 heteroatoms. The van der Waals surface area contributed by atoms with Gasteiger partial charge in [0.05, 0.1) is 5.69 Å². The van der Waals surface area contributed by atoms with E-state index in [4.69, 9.17) is 15.7 Å². The fourth-order valence-corrected chi connectivity index (χ4v) is 3.88. The van der Waals surface area contributed by atoms with Crippen LogP contribution in [0.4, 0.5) is 5.69 Å². The molecule has 0 atom stereocenters. The van der Waals surface area contributed by atoms with Gasteiger partial charge in [-0.3, -0.25) is 9.59 Å². The van der Waals surface area contributed by atoms with E-state index in [1.165, 1.54) is 11.3 Å². The Kier molecular flexibility index (Phi) is 5.71. The summed E-state index contributed by atoms with van der Waals surface area (Å²) in [5.41, 5.74) is 3.14. The van der Waals surface area contributed by atoms with Crippen LogP contribution in [0.15, 0.2) is 49.6 Å². The lowest BCUT2D eigenvalue weighted by Gasteiger charge is -2.06. The average Bonchev–Trinajstić information content (AvgIpc) is 3.35. The molecular weight excluding hydrogens is 430 g/mol. The first-order chi connectivity index (χ1) is 15.4. The van der Waals surface area contributed by atoms with Gasteiger partial charge in [0.15, 0.2) is 11.6 Å². The van der Waals surface area contributed by atoms with Crippen molar-refractivity contribution in [3.8, 4) is 12.3 Å². The molecule has 3 aromatic rings. The van der Waals surface area contributed by atoms with Crippen LogP contribution < -0.4 is 10.9 Å². The highest BCUT2D eigenvalue weighted by molar-refractivity contribution is 7.10. The summed E-state index contributed by atoms with van der Waals surface area (Å²) in [5, 5.41) is 9.56. The number of nitrogens with one attached hydrogen (secondary N) is 1. The smallest absolute Gasteiger partial charge is 0.339 e. The Morgan fingerprint density at radius 3 is 2.91 bits per heavy atom. The molecule has 160 valence electrons. The number of amides is 1. The third-order valence-electron chi connectivity index (χ3n) is 4.90. The average molecular weight is 447 g/mol. The maximum absolute atomic E-state index is 12.4. The number of terminal acetylenes is 1. The number of benzene rings is 1. The standard InChI is InChI=1S/C23H17N3O5S/c1-4-21-25-18(11-32-21)16-9-17(22(28)13(16)3)26-30-10-20(27)24-15-5-6-19-14(8-15)7-12(2)23(29)31-19/h1,5-8,11H,9-10H2,2-3H3,(H,24,27)/b26-17+. The van der Waals surface area contributed by atoms with Crippen molar-refractivity contribution in [3.05, 3.63) is 61.9 Å². The van der Waals surface area contributed by atoms with Crippen molar-refractivity contribution in [3.63, 3.8) is 0 Å². The molecule has 0 radical (unpaired) electrons. The van der Waals surface area contributed by atoms with Crippen LogP contribution in [0.25, 0.3) is 16.5 Å². The number of rotatable bonds is 5. The molecule has 0 fully saturated rings. The first-order valence-corrected chi connectivity index (χ1v) is 10.4. The van der Waals surface area contributed by atoms with E-state index in [1.807, 2.05) is 0 Å². The number of aryl methyl sites for hydroxylation is 1. The molecule has 1 N–H and O–H groups in total. The third kappa shape index (κ3) is 4.22. The molecule has 2 aromatic heterocycles. The molecule has 0 spiro atoms. The van der Waals surface area contributed by atoms with Crippen molar-refractivity contribution in [2.45, 2.75) is 20.3 Å². The number of aromatic nitrogens is 1. The first kappa shape index (κ1) is 21.2. The molecule has 1 aromatic carbocycles. The lowest BCUT2D eigenvalue weighted by molar-refractivity contribution is -0.120. The summed E-state index contributed by atoms with van der Waals surface area (Å²) in [4.78, 5) is 45.7. The number of ketones is 1. The SMILES string of the molecule is C#Cc1nc(C2=C(C)C(=O)/C(=N/OCC(=O)Nc3ccc4oc(=O)c(C)cc4c3)C2)cs1. The van der Waals surface area contributed by atoms with Gasteiger partial charge in [0.25, 0.3) is 5.91 Å². The highest BCUT2D eigenvalue weighted by Gasteiger charge is 2.29. The zero-order valence-corrected chi connectivity index (χ0v) is 18.0. The second-order valence-corrected chi connectivity index (χ2v) is 7.98. The number of carbonyl (C=O) groups is 2. The van der Waals surface area contributed by atoms with Gasteiger partial charge in [0, 0.05) is 34.0 Å². The molecule has 2 heterocycles. The number of allylic oxidation sites excluding steroid dienone is 2. The zero-order valence-electron chi connectivity index (χ0n) is 17.2. The third-order valence-corrected chi connectivity index (χ3v) is 5.67. The van der Waals surface area contributed by atoms with Crippen LogP contribution in [0.2, 0.25) is 0 Å². The maximum atomic E-state index is 12.4. The molecule has 32 heavy (non-hydrogen) atoms. The predicted molar refractivity (Wildman–Crippen MR) is 122 cm³/mol. The van der Waals surface area contributed by atoms with Gasteiger partial charge in [-0.2, -0.15) is 0 Å². The fraction of sp³-hybridized carbons (Fsp3) is 0.174. The zero-order chi connectivity index (χ0) is 22.8. The van der Waals surface area contributed by atoms with E-state index in [-0.39, 0.29) is 24.5 Å². The van der Waals surface area contributed by atoms with Crippen LogP contribution >= 0.6 is 11.3 Å². The molecule has 1 amide bonds. The largest absolute Gasteiger partial charge is 0.423 e. The molecule has 0 bridgehead atoms. The highest BCUT2D eigenvalue weighted by atomic mass is 32.1. The van der Waals surface area contributed by atoms with E-state index in [2.05, 4.69) is 21.4 Å². The number of fused-ring (bicyclic) bond motifs is 1. The van der Waals surface area contributed by atoms with Gasteiger partial charge in [-0.25, -0.2) is 9.78 Å². The van der Waals surface area contributed by atoms with Gasteiger partial charge < -0.3 is 14.6 Å². The van der Waals surface area contributed by atoms with Gasteiger partial charge in [0.2, 0.25) is 5.78 Å². The van der Waals surface area contributed by atoms with Gasteiger partial charge in [-0.1, -0.05) is 5.16 Å². The van der Waals surface area contributed by atoms with E-state index in [1.54, 1.807) is 43.5 Å². The Morgan fingerprint density at radius 2 is 2.16 bits per heavy atom. The van der Waals surface area contributed by atoms with Crippen molar-refractivity contribution in [2.24, 2.45) is 5.16 Å². The minimum absolute atomic E-state index is 0.205. The Balaban J connectivity index is 1.38. The Morgan fingerprint density at radius 1 is 1.34 bits per heavy atom. The summed E-state index contributed by atoms with van der Waals surface area (Å²) in [5.74, 6) is 1.78. The molecule has 0 aliphatic heterocycles. The van der Waals surface area contributed by atoms with Crippen LogP contribution in [-0.4, -0.2) is 29.0 Å². The summed E-state index contributed by atoms with van der Waals surface area (Å²) in [6.07, 6.45) is 5.62. The topological polar surface area (TPSA) is 111 Å². The second-order valence-electron chi connectivity index (χ2n) is 7.12. The minimum atomic E-state index is -0.448. The lowest BCUT2D eigenvalue weighted by Crippen LogP contribution is -2.18. The summed E-state index contributed by atoms with van der Waals surface area (Å²) in [6, 6.07) is 6.59. The van der Waals surface area contributed by atoms with Gasteiger partial charge in [0.1, 0.15) is 11.3 Å². The minimum Gasteiger partial charge on any atom is -0.423 e. The quantitative estimate of drug-likeness (QED) is 0.365. The molecule has 0 unspecified atom stereocenters. The number of nitrogens with zero attached hydrogens (tertiary/aromatic N) is 2. The lowest BCUT2D eigenvalue weighted by atomic mass is 10.1. The summed E-state index contributed by atoms with van der Waals surface area (Å²) >= 11 is 1.33. The Labute approximate surface area is 186 Å². The van der Waals surface area contributed by atoms with Crippen LogP contribution in [-0.2, 0) is 14.4 Å². The molecule has 4 rings (SSSR count). The number of hydrogen-bond acceptors (Lipinski definition) is 8. The maximum Gasteiger partial charge on any atom is 0.339 e. The summed E-state index contributed by atoms with van der Waals surface area (Å²) in [7, 11) is 0.